The highest BCUT2D eigenvalue weighted by Gasteiger charge is 2.20. The number of halogens is 1. The molecule has 0 atom stereocenters. The Morgan fingerprint density at radius 2 is 1.31 bits per heavy atom. The SMILES string of the molecule is Cl.O=C1Cc2ccccc2-c2ccccc21. The van der Waals surface area contributed by atoms with Crippen molar-refractivity contribution in [3.63, 3.8) is 0 Å². The number of hydrogen-bond acceptors (Lipinski definition) is 1. The van der Waals surface area contributed by atoms with E-state index in [9.17, 15) is 4.79 Å². The lowest BCUT2D eigenvalue weighted by Gasteiger charge is -2.18. The van der Waals surface area contributed by atoms with Gasteiger partial charge in [0.2, 0.25) is 0 Å². The minimum atomic E-state index is 0. The van der Waals surface area contributed by atoms with Crippen LogP contribution in [0.4, 0.5) is 0 Å². The number of fused-ring (bicyclic) bond motifs is 3. The average Bonchev–Trinajstić information content (AvgIpc) is 2.30. The fourth-order valence-electron chi connectivity index (χ4n) is 2.17. The molecule has 0 fully saturated rings. The molecular weight excluding hydrogens is 220 g/mol. The van der Waals surface area contributed by atoms with E-state index in [2.05, 4.69) is 6.07 Å². The van der Waals surface area contributed by atoms with Gasteiger partial charge in [0, 0.05) is 12.0 Å². The molecular formula is C14H11ClO. The molecule has 0 spiro atoms. The van der Waals surface area contributed by atoms with Crippen LogP contribution in [0.1, 0.15) is 15.9 Å². The van der Waals surface area contributed by atoms with Crippen LogP contribution in [0.25, 0.3) is 11.1 Å². The van der Waals surface area contributed by atoms with E-state index in [1.165, 1.54) is 5.56 Å². The van der Waals surface area contributed by atoms with Gasteiger partial charge in [-0.1, -0.05) is 48.5 Å². The molecule has 1 aliphatic carbocycles. The Balaban J connectivity index is 0.000000963. The first-order chi connectivity index (χ1) is 7.36. The second-order valence-electron chi connectivity index (χ2n) is 3.80. The second-order valence-corrected chi connectivity index (χ2v) is 3.80. The maximum absolute atomic E-state index is 11.8. The first-order valence-corrected chi connectivity index (χ1v) is 5.07. The minimum absolute atomic E-state index is 0. The van der Waals surface area contributed by atoms with Crippen LogP contribution in [0.15, 0.2) is 48.5 Å². The van der Waals surface area contributed by atoms with Crippen LogP contribution >= 0.6 is 12.4 Å². The van der Waals surface area contributed by atoms with Crippen molar-refractivity contribution in [2.24, 2.45) is 0 Å². The zero-order valence-electron chi connectivity index (χ0n) is 8.64. The molecule has 0 bridgehead atoms. The number of carbonyl (C=O) groups is 1. The molecule has 2 aromatic rings. The highest BCUT2D eigenvalue weighted by Crippen LogP contribution is 2.32. The summed E-state index contributed by atoms with van der Waals surface area (Å²) in [5.74, 6) is 0.226. The van der Waals surface area contributed by atoms with Crippen molar-refractivity contribution < 1.29 is 4.79 Å². The summed E-state index contributed by atoms with van der Waals surface area (Å²) in [7, 11) is 0. The molecule has 0 radical (unpaired) electrons. The summed E-state index contributed by atoms with van der Waals surface area (Å²) < 4.78 is 0. The zero-order valence-corrected chi connectivity index (χ0v) is 9.46. The van der Waals surface area contributed by atoms with Gasteiger partial charge in [0.05, 0.1) is 0 Å². The third-order valence-corrected chi connectivity index (χ3v) is 2.89. The van der Waals surface area contributed by atoms with Crippen molar-refractivity contribution in [2.75, 3.05) is 0 Å². The fraction of sp³-hybridized carbons (Fsp3) is 0.0714. The van der Waals surface area contributed by atoms with E-state index in [4.69, 9.17) is 0 Å². The van der Waals surface area contributed by atoms with Crippen molar-refractivity contribution in [3.8, 4) is 11.1 Å². The molecule has 2 aromatic carbocycles. The van der Waals surface area contributed by atoms with Crippen molar-refractivity contribution >= 4 is 18.2 Å². The van der Waals surface area contributed by atoms with E-state index in [-0.39, 0.29) is 18.2 Å². The first kappa shape index (κ1) is 10.9. The Labute approximate surface area is 101 Å². The van der Waals surface area contributed by atoms with Crippen LogP contribution in [0.3, 0.4) is 0 Å². The van der Waals surface area contributed by atoms with Gasteiger partial charge in [-0.25, -0.2) is 0 Å². The van der Waals surface area contributed by atoms with Crippen LogP contribution in [0.5, 0.6) is 0 Å². The quantitative estimate of drug-likeness (QED) is 0.677. The number of rotatable bonds is 0. The maximum atomic E-state index is 11.8. The molecule has 0 unspecified atom stereocenters. The van der Waals surface area contributed by atoms with Gasteiger partial charge >= 0.3 is 0 Å². The Morgan fingerprint density at radius 1 is 0.750 bits per heavy atom. The molecule has 2 heteroatoms. The smallest absolute Gasteiger partial charge is 0.167 e. The van der Waals surface area contributed by atoms with Crippen molar-refractivity contribution in [1.29, 1.82) is 0 Å². The molecule has 1 aliphatic rings. The van der Waals surface area contributed by atoms with Crippen LogP contribution in [0.2, 0.25) is 0 Å². The topological polar surface area (TPSA) is 17.1 Å². The largest absolute Gasteiger partial charge is 0.294 e. The van der Waals surface area contributed by atoms with Gasteiger partial charge in [0.15, 0.2) is 5.78 Å². The Kier molecular flexibility index (Phi) is 2.80. The number of carbonyl (C=O) groups excluding carboxylic acids is 1. The van der Waals surface area contributed by atoms with Crippen molar-refractivity contribution in [1.82, 2.24) is 0 Å². The lowest BCUT2D eigenvalue weighted by Crippen LogP contribution is -2.11. The summed E-state index contributed by atoms with van der Waals surface area (Å²) in [4.78, 5) is 11.8. The molecule has 80 valence electrons. The normalized spacial score (nSPS) is 12.4. The maximum Gasteiger partial charge on any atom is 0.167 e. The number of benzene rings is 2. The predicted octanol–water partition coefficient (Wildman–Crippen LogP) is 3.51. The van der Waals surface area contributed by atoms with Crippen molar-refractivity contribution in [2.45, 2.75) is 6.42 Å². The summed E-state index contributed by atoms with van der Waals surface area (Å²) >= 11 is 0. The molecule has 1 nitrogen and oxygen atoms in total. The van der Waals surface area contributed by atoms with Gasteiger partial charge < -0.3 is 0 Å². The molecule has 16 heavy (non-hydrogen) atoms. The van der Waals surface area contributed by atoms with E-state index in [0.29, 0.717) is 6.42 Å². The monoisotopic (exact) mass is 230 g/mol. The summed E-state index contributed by atoms with van der Waals surface area (Å²) in [5, 5.41) is 0. The summed E-state index contributed by atoms with van der Waals surface area (Å²) in [6.45, 7) is 0. The number of Topliss-reactive ketones (excluding diaryl/α,β-unsaturated/α-hetero) is 1. The van der Waals surface area contributed by atoms with E-state index >= 15 is 0 Å². The molecule has 0 N–H and O–H groups in total. The predicted molar refractivity (Wildman–Crippen MR) is 67.2 cm³/mol. The lowest BCUT2D eigenvalue weighted by molar-refractivity contribution is 0.0992. The van der Waals surface area contributed by atoms with Crippen LogP contribution in [0, 0.1) is 0 Å². The standard InChI is InChI=1S/C14H10O.ClH/c15-14-9-10-5-1-2-6-11(10)12-7-3-4-8-13(12)14;/h1-8H,9H2;1H. The van der Waals surface area contributed by atoms with Crippen molar-refractivity contribution in [3.05, 3.63) is 59.7 Å². The second kappa shape index (κ2) is 4.11. The van der Waals surface area contributed by atoms with E-state index < -0.39 is 0 Å². The van der Waals surface area contributed by atoms with Gasteiger partial charge in [-0.2, -0.15) is 0 Å². The van der Waals surface area contributed by atoms with E-state index in [1.54, 1.807) is 0 Å². The number of ketones is 1. The third-order valence-electron chi connectivity index (χ3n) is 2.89. The van der Waals surface area contributed by atoms with Gasteiger partial charge in [0.1, 0.15) is 0 Å². The fourth-order valence-corrected chi connectivity index (χ4v) is 2.17. The van der Waals surface area contributed by atoms with Gasteiger partial charge in [0.25, 0.3) is 0 Å². The van der Waals surface area contributed by atoms with E-state index in [0.717, 1.165) is 16.7 Å². The van der Waals surface area contributed by atoms with Crippen LogP contribution < -0.4 is 0 Å². The van der Waals surface area contributed by atoms with Crippen LogP contribution in [-0.4, -0.2) is 5.78 Å². The third kappa shape index (κ3) is 1.54. The molecule has 0 saturated carbocycles. The summed E-state index contributed by atoms with van der Waals surface area (Å²) in [6.07, 6.45) is 0.535. The Hall–Kier alpha value is -1.60. The Morgan fingerprint density at radius 3 is 2.06 bits per heavy atom. The van der Waals surface area contributed by atoms with Gasteiger partial charge in [-0.05, 0) is 16.7 Å². The molecule has 0 heterocycles. The van der Waals surface area contributed by atoms with Gasteiger partial charge in [-0.15, -0.1) is 12.4 Å². The highest BCUT2D eigenvalue weighted by atomic mass is 35.5. The molecule has 0 amide bonds. The summed E-state index contributed by atoms with van der Waals surface area (Å²) in [6, 6.07) is 16.0. The average molecular weight is 231 g/mol. The minimum Gasteiger partial charge on any atom is -0.294 e. The highest BCUT2D eigenvalue weighted by molar-refractivity contribution is 6.07. The molecule has 0 aliphatic heterocycles. The summed E-state index contributed by atoms with van der Waals surface area (Å²) in [5.41, 5.74) is 4.27. The van der Waals surface area contributed by atoms with E-state index in [1.807, 2.05) is 42.5 Å². The molecule has 3 rings (SSSR count). The number of hydrogen-bond donors (Lipinski definition) is 0. The van der Waals surface area contributed by atoms with Gasteiger partial charge in [-0.3, -0.25) is 4.79 Å². The zero-order chi connectivity index (χ0) is 10.3. The Bertz CT molecular complexity index is 546. The molecule has 0 saturated heterocycles. The molecule has 0 aromatic heterocycles. The first-order valence-electron chi connectivity index (χ1n) is 5.07. The van der Waals surface area contributed by atoms with Crippen LogP contribution in [-0.2, 0) is 6.42 Å². The lowest BCUT2D eigenvalue weighted by atomic mass is 9.85.